The Morgan fingerprint density at radius 2 is 0.667 bits per heavy atom. The first-order valence-electron chi connectivity index (χ1n) is 5.37. The molecule has 3 rings (SSSR count). The van der Waals surface area contributed by atoms with Gasteiger partial charge in [-0.15, -0.1) is 50.5 Å². The lowest BCUT2D eigenvalue weighted by molar-refractivity contribution is 1.43. The minimum atomic E-state index is 0.946. The molecule has 0 atom stereocenters. The summed E-state index contributed by atoms with van der Waals surface area (Å²) >= 11 is 18.0. The maximum Gasteiger partial charge on any atom is 0.0120 e. The van der Waals surface area contributed by atoms with Gasteiger partial charge in [0.1, 0.15) is 0 Å². The molecule has 0 radical (unpaired) electrons. The van der Waals surface area contributed by atoms with Gasteiger partial charge in [-0.1, -0.05) is 0 Å². The molecular weight excluding hydrogens is 296 g/mol. The van der Waals surface area contributed by atoms with E-state index >= 15 is 0 Å². The van der Waals surface area contributed by atoms with E-state index in [1.165, 1.54) is 0 Å². The SMILES string of the molecule is Sc1ccc(S)c2cc3c(S)ccc(S)c3cc12. The van der Waals surface area contributed by atoms with Crippen LogP contribution >= 0.6 is 50.5 Å². The standard InChI is InChI=1S/C14H10S4/c15-11-1-2-12(16)8-6-10-9(5-7(8)11)13(17)3-4-14(10)18/h1-6,15-18H. The summed E-state index contributed by atoms with van der Waals surface area (Å²) in [4.78, 5) is 3.79. The molecule has 0 nitrogen and oxygen atoms in total. The van der Waals surface area contributed by atoms with Crippen LogP contribution in [0.15, 0.2) is 56.0 Å². The van der Waals surface area contributed by atoms with Crippen molar-refractivity contribution in [3.63, 3.8) is 0 Å². The molecule has 4 heteroatoms. The zero-order valence-corrected chi connectivity index (χ0v) is 12.8. The fourth-order valence-electron chi connectivity index (χ4n) is 2.12. The maximum atomic E-state index is 4.51. The first-order chi connectivity index (χ1) is 8.58. The largest absolute Gasteiger partial charge is 0.143 e. The maximum absolute atomic E-state index is 4.51. The summed E-state index contributed by atoms with van der Waals surface area (Å²) in [5, 5.41) is 4.36. The Balaban J connectivity index is 2.59. The summed E-state index contributed by atoms with van der Waals surface area (Å²) in [6, 6.07) is 12.1. The van der Waals surface area contributed by atoms with Crippen molar-refractivity contribution in [3.8, 4) is 0 Å². The van der Waals surface area contributed by atoms with Gasteiger partial charge < -0.3 is 0 Å². The molecule has 0 N–H and O–H groups in total. The molecule has 0 unspecified atom stereocenters. The minimum absolute atomic E-state index is 0.946. The summed E-state index contributed by atoms with van der Waals surface area (Å²) < 4.78 is 0. The average Bonchev–Trinajstić information content (AvgIpc) is 2.37. The van der Waals surface area contributed by atoms with Gasteiger partial charge in [0.25, 0.3) is 0 Å². The van der Waals surface area contributed by atoms with Crippen LogP contribution in [-0.2, 0) is 0 Å². The number of hydrogen-bond donors (Lipinski definition) is 4. The molecule has 0 aliphatic carbocycles. The first-order valence-corrected chi connectivity index (χ1v) is 7.16. The minimum Gasteiger partial charge on any atom is -0.143 e. The van der Waals surface area contributed by atoms with Crippen LogP contribution < -0.4 is 0 Å². The van der Waals surface area contributed by atoms with Crippen LogP contribution in [0.5, 0.6) is 0 Å². The molecular formula is C14H10S4. The van der Waals surface area contributed by atoms with Crippen molar-refractivity contribution in [2.24, 2.45) is 0 Å². The number of rotatable bonds is 0. The average molecular weight is 307 g/mol. The van der Waals surface area contributed by atoms with E-state index in [1.807, 2.05) is 24.3 Å². The Kier molecular flexibility index (Phi) is 3.22. The van der Waals surface area contributed by atoms with Crippen LogP contribution in [0.25, 0.3) is 21.5 Å². The van der Waals surface area contributed by atoms with E-state index in [1.54, 1.807) is 0 Å². The number of benzene rings is 3. The van der Waals surface area contributed by atoms with Crippen molar-refractivity contribution in [3.05, 3.63) is 36.4 Å². The smallest absolute Gasteiger partial charge is 0.0120 e. The van der Waals surface area contributed by atoms with Crippen molar-refractivity contribution >= 4 is 72.1 Å². The predicted octanol–water partition coefficient (Wildman–Crippen LogP) is 5.15. The predicted molar refractivity (Wildman–Crippen MR) is 90.5 cm³/mol. The molecule has 90 valence electrons. The zero-order valence-electron chi connectivity index (χ0n) is 9.25. The Bertz CT molecular complexity index is 649. The Morgan fingerprint density at radius 1 is 0.444 bits per heavy atom. The van der Waals surface area contributed by atoms with Crippen LogP contribution in [0.3, 0.4) is 0 Å². The lowest BCUT2D eigenvalue weighted by Gasteiger charge is -2.10. The third-order valence-electron chi connectivity index (χ3n) is 3.06. The molecule has 0 amide bonds. The highest BCUT2D eigenvalue weighted by Crippen LogP contribution is 2.36. The van der Waals surface area contributed by atoms with Crippen LogP contribution in [0.2, 0.25) is 0 Å². The highest BCUT2D eigenvalue weighted by molar-refractivity contribution is 7.81. The highest BCUT2D eigenvalue weighted by Gasteiger charge is 2.07. The van der Waals surface area contributed by atoms with E-state index in [0.29, 0.717) is 0 Å². The summed E-state index contributed by atoms with van der Waals surface area (Å²) in [7, 11) is 0. The summed E-state index contributed by atoms with van der Waals surface area (Å²) in [6.45, 7) is 0. The third kappa shape index (κ3) is 1.92. The monoisotopic (exact) mass is 306 g/mol. The van der Waals surface area contributed by atoms with Gasteiger partial charge >= 0.3 is 0 Å². The van der Waals surface area contributed by atoms with E-state index < -0.39 is 0 Å². The molecule has 0 aromatic heterocycles. The summed E-state index contributed by atoms with van der Waals surface area (Å²) in [5.41, 5.74) is 0. The van der Waals surface area contributed by atoms with E-state index in [4.69, 9.17) is 0 Å². The third-order valence-corrected chi connectivity index (χ3v) is 4.62. The van der Waals surface area contributed by atoms with Crippen molar-refractivity contribution < 1.29 is 0 Å². The van der Waals surface area contributed by atoms with E-state index in [9.17, 15) is 0 Å². The van der Waals surface area contributed by atoms with Crippen LogP contribution in [0, 0.1) is 0 Å². The van der Waals surface area contributed by atoms with Gasteiger partial charge in [-0.25, -0.2) is 0 Å². The van der Waals surface area contributed by atoms with E-state index in [-0.39, 0.29) is 0 Å². The normalized spacial score (nSPS) is 11.3. The number of hydrogen-bond acceptors (Lipinski definition) is 4. The fourth-order valence-corrected chi connectivity index (χ4v) is 3.16. The van der Waals surface area contributed by atoms with Gasteiger partial charge in [0.05, 0.1) is 0 Å². The highest BCUT2D eigenvalue weighted by atomic mass is 32.1. The topological polar surface area (TPSA) is 0 Å². The van der Waals surface area contributed by atoms with Gasteiger partial charge in [-0.05, 0) is 57.9 Å². The second kappa shape index (κ2) is 4.60. The molecule has 0 spiro atoms. The Labute approximate surface area is 127 Å². The van der Waals surface area contributed by atoms with Gasteiger partial charge in [0.2, 0.25) is 0 Å². The molecule has 0 fully saturated rings. The Morgan fingerprint density at radius 3 is 0.889 bits per heavy atom. The van der Waals surface area contributed by atoms with Gasteiger partial charge in [-0.3, -0.25) is 0 Å². The molecule has 0 bridgehead atoms. The van der Waals surface area contributed by atoms with Crippen molar-refractivity contribution in [2.45, 2.75) is 19.6 Å². The lowest BCUT2D eigenvalue weighted by Crippen LogP contribution is -1.83. The molecule has 0 saturated carbocycles. The van der Waals surface area contributed by atoms with Gasteiger partial charge in [0, 0.05) is 19.6 Å². The number of thiol groups is 4. The van der Waals surface area contributed by atoms with Crippen molar-refractivity contribution in [2.75, 3.05) is 0 Å². The quantitative estimate of drug-likeness (QED) is 0.320. The van der Waals surface area contributed by atoms with Crippen molar-refractivity contribution in [1.82, 2.24) is 0 Å². The molecule has 0 aliphatic heterocycles. The molecule has 0 aliphatic rings. The number of fused-ring (bicyclic) bond motifs is 2. The molecule has 18 heavy (non-hydrogen) atoms. The molecule has 3 aromatic rings. The molecule has 0 heterocycles. The van der Waals surface area contributed by atoms with E-state index in [2.05, 4.69) is 62.6 Å². The second-order valence-corrected chi connectivity index (χ2v) is 6.08. The first kappa shape index (κ1) is 12.6. The second-order valence-electron chi connectivity index (χ2n) is 4.15. The van der Waals surface area contributed by atoms with Crippen molar-refractivity contribution in [1.29, 1.82) is 0 Å². The summed E-state index contributed by atoms with van der Waals surface area (Å²) in [5.74, 6) is 0. The van der Waals surface area contributed by atoms with Crippen LogP contribution in [-0.4, -0.2) is 0 Å². The van der Waals surface area contributed by atoms with E-state index in [0.717, 1.165) is 41.1 Å². The van der Waals surface area contributed by atoms with Gasteiger partial charge in [0.15, 0.2) is 0 Å². The van der Waals surface area contributed by atoms with Gasteiger partial charge in [-0.2, -0.15) is 0 Å². The Hall–Kier alpha value is -0.420. The summed E-state index contributed by atoms with van der Waals surface area (Å²) in [6.07, 6.45) is 0. The molecule has 3 aromatic carbocycles. The molecule has 0 saturated heterocycles. The van der Waals surface area contributed by atoms with Crippen LogP contribution in [0.4, 0.5) is 0 Å². The van der Waals surface area contributed by atoms with Crippen LogP contribution in [0.1, 0.15) is 0 Å². The lowest BCUT2D eigenvalue weighted by atomic mass is 10.0. The fraction of sp³-hybridized carbons (Fsp3) is 0. The zero-order chi connectivity index (χ0) is 12.9.